The zero-order valence-corrected chi connectivity index (χ0v) is 9.97. The molecule has 1 rings (SSSR count). The quantitative estimate of drug-likeness (QED) is 0.749. The van der Waals surface area contributed by atoms with Crippen molar-refractivity contribution < 1.29 is 14.4 Å². The lowest BCUT2D eigenvalue weighted by atomic mass is 10.2. The van der Waals surface area contributed by atoms with E-state index in [0.717, 1.165) is 11.2 Å². The van der Waals surface area contributed by atoms with Gasteiger partial charge in [-0.05, 0) is 24.3 Å². The Balaban J connectivity index is 3.08. The lowest BCUT2D eigenvalue weighted by molar-refractivity contribution is -0.126. The van der Waals surface area contributed by atoms with Crippen LogP contribution in [0, 0.1) is 0 Å². The molecular formula is C13H15NO3. The van der Waals surface area contributed by atoms with Gasteiger partial charge in [-0.15, -0.1) is 0 Å². The largest absolute Gasteiger partial charge is 0.298 e. The molecular weight excluding hydrogens is 218 g/mol. The summed E-state index contributed by atoms with van der Waals surface area (Å²) in [5.41, 5.74) is 1.02. The Morgan fingerprint density at radius 2 is 1.53 bits per heavy atom. The van der Waals surface area contributed by atoms with E-state index in [1.807, 2.05) is 0 Å². The van der Waals surface area contributed by atoms with E-state index < -0.39 is 0 Å². The van der Waals surface area contributed by atoms with Gasteiger partial charge in [-0.3, -0.25) is 19.3 Å². The van der Waals surface area contributed by atoms with Gasteiger partial charge in [0.15, 0.2) is 0 Å². The number of hydrogen-bond acceptors (Lipinski definition) is 3. The molecule has 0 aliphatic carbocycles. The number of anilines is 1. The fourth-order valence-electron chi connectivity index (χ4n) is 1.45. The molecule has 1 aromatic carbocycles. The van der Waals surface area contributed by atoms with Gasteiger partial charge in [0.05, 0.1) is 5.69 Å². The van der Waals surface area contributed by atoms with E-state index >= 15 is 0 Å². The van der Waals surface area contributed by atoms with Crippen LogP contribution in [0.1, 0.15) is 37.0 Å². The predicted octanol–water partition coefficient (Wildman–Crippen LogP) is 2.18. The maximum atomic E-state index is 11.7. The SMILES string of the molecule is CCC(=O)N(C(=O)CC)c1ccc(C=O)cc1. The number of amides is 2. The molecule has 4 heteroatoms. The minimum atomic E-state index is -0.240. The minimum Gasteiger partial charge on any atom is -0.298 e. The number of aldehydes is 1. The highest BCUT2D eigenvalue weighted by atomic mass is 16.2. The summed E-state index contributed by atoms with van der Waals surface area (Å²) in [4.78, 5) is 35.1. The van der Waals surface area contributed by atoms with E-state index in [4.69, 9.17) is 0 Å². The van der Waals surface area contributed by atoms with Gasteiger partial charge in [0.25, 0.3) is 0 Å². The van der Waals surface area contributed by atoms with Crippen LogP contribution in [0.5, 0.6) is 0 Å². The Morgan fingerprint density at radius 3 is 1.88 bits per heavy atom. The molecule has 17 heavy (non-hydrogen) atoms. The Bertz CT molecular complexity index is 407. The van der Waals surface area contributed by atoms with Gasteiger partial charge in [0, 0.05) is 18.4 Å². The molecule has 4 nitrogen and oxygen atoms in total. The maximum absolute atomic E-state index is 11.7. The van der Waals surface area contributed by atoms with Crippen LogP contribution in [-0.4, -0.2) is 18.1 Å². The normalized spacial score (nSPS) is 9.76. The Labute approximate surface area is 100 Å². The number of rotatable bonds is 4. The first kappa shape index (κ1) is 13.1. The summed E-state index contributed by atoms with van der Waals surface area (Å²) in [7, 11) is 0. The Kier molecular flexibility index (Phi) is 4.57. The summed E-state index contributed by atoms with van der Waals surface area (Å²) >= 11 is 0. The van der Waals surface area contributed by atoms with Gasteiger partial charge in [0.1, 0.15) is 6.29 Å². The van der Waals surface area contributed by atoms with E-state index in [9.17, 15) is 14.4 Å². The molecule has 0 atom stereocenters. The van der Waals surface area contributed by atoms with Crippen molar-refractivity contribution in [3.8, 4) is 0 Å². The molecule has 0 saturated heterocycles. The van der Waals surface area contributed by atoms with Crippen LogP contribution in [0.3, 0.4) is 0 Å². The molecule has 0 aromatic heterocycles. The third-order valence-electron chi connectivity index (χ3n) is 2.39. The highest BCUT2D eigenvalue weighted by Gasteiger charge is 2.20. The first-order chi connectivity index (χ1) is 8.13. The Morgan fingerprint density at radius 1 is 1.06 bits per heavy atom. The number of benzene rings is 1. The van der Waals surface area contributed by atoms with E-state index in [1.165, 1.54) is 0 Å². The molecule has 0 aliphatic rings. The monoisotopic (exact) mass is 233 g/mol. The standard InChI is InChI=1S/C13H15NO3/c1-3-12(16)14(13(17)4-2)11-7-5-10(9-15)6-8-11/h5-9H,3-4H2,1-2H3. The molecule has 0 radical (unpaired) electrons. The van der Waals surface area contributed by atoms with Crippen molar-refractivity contribution in [2.45, 2.75) is 26.7 Å². The molecule has 2 amide bonds. The van der Waals surface area contributed by atoms with Crippen LogP contribution < -0.4 is 4.90 Å². The summed E-state index contributed by atoms with van der Waals surface area (Å²) in [5.74, 6) is -0.480. The number of nitrogens with zero attached hydrogens (tertiary/aromatic N) is 1. The minimum absolute atomic E-state index is 0.240. The fourth-order valence-corrected chi connectivity index (χ4v) is 1.45. The summed E-state index contributed by atoms with van der Waals surface area (Å²) in [6, 6.07) is 6.37. The van der Waals surface area contributed by atoms with Crippen molar-refractivity contribution in [3.05, 3.63) is 29.8 Å². The van der Waals surface area contributed by atoms with Gasteiger partial charge in [-0.1, -0.05) is 13.8 Å². The second kappa shape index (κ2) is 5.94. The highest BCUT2D eigenvalue weighted by Crippen LogP contribution is 2.17. The molecule has 0 fully saturated rings. The van der Waals surface area contributed by atoms with Crippen LogP contribution in [0.25, 0.3) is 0 Å². The molecule has 0 N–H and O–H groups in total. The molecule has 0 bridgehead atoms. The van der Waals surface area contributed by atoms with Crippen molar-refractivity contribution >= 4 is 23.8 Å². The number of carbonyl (C=O) groups excluding carboxylic acids is 3. The average Bonchev–Trinajstić information content (AvgIpc) is 2.39. The lowest BCUT2D eigenvalue weighted by Gasteiger charge is -2.19. The number of imide groups is 1. The van der Waals surface area contributed by atoms with E-state index in [0.29, 0.717) is 11.3 Å². The highest BCUT2D eigenvalue weighted by molar-refractivity contribution is 6.14. The van der Waals surface area contributed by atoms with Gasteiger partial charge < -0.3 is 0 Å². The first-order valence-corrected chi connectivity index (χ1v) is 5.55. The van der Waals surface area contributed by atoms with Crippen molar-refractivity contribution in [2.24, 2.45) is 0 Å². The van der Waals surface area contributed by atoms with Crippen molar-refractivity contribution in [1.82, 2.24) is 0 Å². The van der Waals surface area contributed by atoms with E-state index in [2.05, 4.69) is 0 Å². The molecule has 1 aromatic rings. The zero-order chi connectivity index (χ0) is 12.8. The van der Waals surface area contributed by atoms with E-state index in [1.54, 1.807) is 38.1 Å². The van der Waals surface area contributed by atoms with Crippen molar-refractivity contribution in [3.63, 3.8) is 0 Å². The van der Waals surface area contributed by atoms with Gasteiger partial charge in [-0.2, -0.15) is 0 Å². The van der Waals surface area contributed by atoms with Gasteiger partial charge in [0.2, 0.25) is 11.8 Å². The number of hydrogen-bond donors (Lipinski definition) is 0. The second-order valence-corrected chi connectivity index (χ2v) is 3.54. The summed E-state index contributed by atoms with van der Waals surface area (Å²) in [6.45, 7) is 3.41. The van der Waals surface area contributed by atoms with E-state index in [-0.39, 0.29) is 24.7 Å². The summed E-state index contributed by atoms with van der Waals surface area (Å²) in [6.07, 6.45) is 1.25. The predicted molar refractivity (Wildman–Crippen MR) is 64.9 cm³/mol. The van der Waals surface area contributed by atoms with Crippen LogP contribution in [0.15, 0.2) is 24.3 Å². The van der Waals surface area contributed by atoms with Gasteiger partial charge >= 0.3 is 0 Å². The zero-order valence-electron chi connectivity index (χ0n) is 9.97. The molecule has 90 valence electrons. The summed E-state index contributed by atoms with van der Waals surface area (Å²) in [5, 5.41) is 0. The van der Waals surface area contributed by atoms with Crippen LogP contribution in [0.2, 0.25) is 0 Å². The third-order valence-corrected chi connectivity index (χ3v) is 2.39. The topological polar surface area (TPSA) is 54.5 Å². The molecule has 0 unspecified atom stereocenters. The molecule has 0 heterocycles. The second-order valence-electron chi connectivity index (χ2n) is 3.54. The van der Waals surface area contributed by atoms with Crippen molar-refractivity contribution in [1.29, 1.82) is 0 Å². The molecule has 0 saturated carbocycles. The fraction of sp³-hybridized carbons (Fsp3) is 0.308. The Hall–Kier alpha value is -1.97. The van der Waals surface area contributed by atoms with Gasteiger partial charge in [-0.25, -0.2) is 0 Å². The number of carbonyl (C=O) groups is 3. The molecule has 0 spiro atoms. The maximum Gasteiger partial charge on any atom is 0.233 e. The molecule has 0 aliphatic heterocycles. The summed E-state index contributed by atoms with van der Waals surface area (Å²) < 4.78 is 0. The smallest absolute Gasteiger partial charge is 0.233 e. The van der Waals surface area contributed by atoms with Crippen LogP contribution in [-0.2, 0) is 9.59 Å². The lowest BCUT2D eigenvalue weighted by Crippen LogP contribution is -2.35. The van der Waals surface area contributed by atoms with Crippen LogP contribution >= 0.6 is 0 Å². The van der Waals surface area contributed by atoms with Crippen molar-refractivity contribution in [2.75, 3.05) is 4.90 Å². The third kappa shape index (κ3) is 3.00. The first-order valence-electron chi connectivity index (χ1n) is 5.55. The average molecular weight is 233 g/mol. The van der Waals surface area contributed by atoms with Crippen LogP contribution in [0.4, 0.5) is 5.69 Å².